The van der Waals surface area contributed by atoms with Crippen LogP contribution in [0.3, 0.4) is 0 Å². The normalized spacial score (nSPS) is 11.9. The first-order valence-corrected chi connectivity index (χ1v) is 15.0. The van der Waals surface area contributed by atoms with Gasteiger partial charge in [0.2, 0.25) is 11.8 Å². The molecule has 10 heteroatoms. The minimum Gasteiger partial charge on any atom is -0.357 e. The van der Waals surface area contributed by atoms with Crippen LogP contribution >= 0.6 is 11.6 Å². The number of amides is 2. The van der Waals surface area contributed by atoms with Crippen LogP contribution in [0.25, 0.3) is 0 Å². The molecular formula is C32H31ClFN3O4S. The van der Waals surface area contributed by atoms with Crippen LogP contribution in [0.1, 0.15) is 16.7 Å². The number of nitrogens with one attached hydrogen (secondary N) is 1. The molecule has 218 valence electrons. The van der Waals surface area contributed by atoms with Gasteiger partial charge in [0.15, 0.2) is 0 Å². The van der Waals surface area contributed by atoms with Gasteiger partial charge >= 0.3 is 0 Å². The summed E-state index contributed by atoms with van der Waals surface area (Å²) in [6.45, 7) is 1.24. The number of aryl methyl sites for hydroxylation is 1. The van der Waals surface area contributed by atoms with Gasteiger partial charge in [-0.05, 0) is 66.6 Å². The summed E-state index contributed by atoms with van der Waals surface area (Å²) in [5.41, 5.74) is 2.58. The number of nitrogens with zero attached hydrogens (tertiary/aromatic N) is 2. The lowest BCUT2D eigenvalue weighted by molar-refractivity contribution is -0.139. The van der Waals surface area contributed by atoms with Crippen LogP contribution in [0.2, 0.25) is 5.02 Å². The van der Waals surface area contributed by atoms with Crippen molar-refractivity contribution in [3.8, 4) is 0 Å². The van der Waals surface area contributed by atoms with Crippen LogP contribution in [0.5, 0.6) is 0 Å². The SMILES string of the molecule is CNC(=O)[C@H](Cc1ccccc1)N(Cc1ccc(F)cc1)C(=O)CN(c1ccc(C)cc1)S(=O)(=O)c1ccc(Cl)cc1. The Bertz CT molecular complexity index is 1620. The van der Waals surface area contributed by atoms with Crippen LogP contribution < -0.4 is 9.62 Å². The number of halogens is 2. The molecule has 7 nitrogen and oxygen atoms in total. The molecule has 0 aliphatic carbocycles. The zero-order valence-corrected chi connectivity index (χ0v) is 24.8. The fourth-order valence-corrected chi connectivity index (χ4v) is 6.02. The Morgan fingerprint density at radius 2 is 1.48 bits per heavy atom. The molecule has 42 heavy (non-hydrogen) atoms. The molecule has 0 radical (unpaired) electrons. The number of rotatable bonds is 11. The van der Waals surface area contributed by atoms with Gasteiger partial charge in [0.25, 0.3) is 10.0 Å². The largest absolute Gasteiger partial charge is 0.357 e. The summed E-state index contributed by atoms with van der Waals surface area (Å²) in [5.74, 6) is -1.47. The molecule has 2 amide bonds. The molecule has 0 aromatic heterocycles. The molecule has 1 atom stereocenters. The lowest BCUT2D eigenvalue weighted by atomic mass is 10.0. The Kier molecular flexibility index (Phi) is 9.98. The highest BCUT2D eigenvalue weighted by atomic mass is 35.5. The van der Waals surface area contributed by atoms with E-state index in [1.807, 2.05) is 37.3 Å². The summed E-state index contributed by atoms with van der Waals surface area (Å²) in [7, 11) is -2.75. The second kappa shape index (κ2) is 13.6. The second-order valence-electron chi connectivity index (χ2n) is 9.77. The summed E-state index contributed by atoms with van der Waals surface area (Å²) >= 11 is 6.00. The Labute approximate surface area is 250 Å². The lowest BCUT2D eigenvalue weighted by Gasteiger charge is -2.33. The Morgan fingerprint density at radius 3 is 2.07 bits per heavy atom. The summed E-state index contributed by atoms with van der Waals surface area (Å²) in [5, 5.41) is 3.00. The van der Waals surface area contributed by atoms with E-state index in [1.54, 1.807) is 24.3 Å². The van der Waals surface area contributed by atoms with Gasteiger partial charge in [-0.15, -0.1) is 0 Å². The highest BCUT2D eigenvalue weighted by Crippen LogP contribution is 2.26. The van der Waals surface area contributed by atoms with E-state index in [1.165, 1.54) is 60.5 Å². The van der Waals surface area contributed by atoms with Crippen LogP contribution in [0.15, 0.2) is 108 Å². The number of hydrogen-bond acceptors (Lipinski definition) is 4. The fraction of sp³-hybridized carbons (Fsp3) is 0.188. The molecule has 0 spiro atoms. The Balaban J connectivity index is 1.77. The van der Waals surface area contributed by atoms with Crippen molar-refractivity contribution in [3.63, 3.8) is 0 Å². The molecule has 0 fully saturated rings. The van der Waals surface area contributed by atoms with Gasteiger partial charge in [-0.3, -0.25) is 13.9 Å². The first kappa shape index (κ1) is 30.7. The summed E-state index contributed by atoms with van der Waals surface area (Å²) in [6, 6.07) is 26.3. The number of likely N-dealkylation sites (N-methyl/N-ethyl adjacent to an activating group) is 1. The molecule has 4 aromatic rings. The van der Waals surface area contributed by atoms with Gasteiger partial charge in [-0.1, -0.05) is 71.8 Å². The molecule has 0 unspecified atom stereocenters. The van der Waals surface area contributed by atoms with Crippen molar-refractivity contribution in [1.29, 1.82) is 0 Å². The van der Waals surface area contributed by atoms with Gasteiger partial charge in [-0.2, -0.15) is 0 Å². The average Bonchev–Trinajstić information content (AvgIpc) is 2.99. The number of carbonyl (C=O) groups is 2. The van der Waals surface area contributed by atoms with E-state index in [4.69, 9.17) is 11.6 Å². The second-order valence-corrected chi connectivity index (χ2v) is 12.1. The number of benzene rings is 4. The van der Waals surface area contributed by atoms with Gasteiger partial charge in [-0.25, -0.2) is 12.8 Å². The van der Waals surface area contributed by atoms with Crippen molar-refractivity contribution in [2.75, 3.05) is 17.9 Å². The van der Waals surface area contributed by atoms with Crippen molar-refractivity contribution in [2.24, 2.45) is 0 Å². The molecular weight excluding hydrogens is 577 g/mol. The maximum absolute atomic E-state index is 14.2. The van der Waals surface area contributed by atoms with E-state index in [0.29, 0.717) is 10.6 Å². The first-order chi connectivity index (χ1) is 20.1. The zero-order valence-electron chi connectivity index (χ0n) is 23.2. The van der Waals surface area contributed by atoms with Gasteiger partial charge in [0.05, 0.1) is 10.6 Å². The predicted molar refractivity (Wildman–Crippen MR) is 162 cm³/mol. The molecule has 0 saturated carbocycles. The van der Waals surface area contributed by atoms with E-state index < -0.39 is 40.2 Å². The van der Waals surface area contributed by atoms with Crippen molar-refractivity contribution in [3.05, 3.63) is 131 Å². The number of sulfonamides is 1. The molecule has 1 N–H and O–H groups in total. The van der Waals surface area contributed by atoms with Gasteiger partial charge < -0.3 is 10.2 Å². The molecule has 0 saturated heterocycles. The van der Waals surface area contributed by atoms with Crippen molar-refractivity contribution in [2.45, 2.75) is 30.8 Å². The maximum atomic E-state index is 14.2. The maximum Gasteiger partial charge on any atom is 0.264 e. The molecule has 4 aromatic carbocycles. The van der Waals surface area contributed by atoms with E-state index in [9.17, 15) is 22.4 Å². The average molecular weight is 608 g/mol. The molecule has 4 rings (SSSR count). The predicted octanol–water partition coefficient (Wildman–Crippen LogP) is 5.37. The summed E-state index contributed by atoms with van der Waals surface area (Å²) in [4.78, 5) is 28.7. The van der Waals surface area contributed by atoms with Crippen molar-refractivity contribution >= 4 is 39.1 Å². The third-order valence-corrected chi connectivity index (χ3v) is 8.83. The van der Waals surface area contributed by atoms with Gasteiger partial charge in [0, 0.05) is 25.0 Å². The molecule has 0 aliphatic heterocycles. The van der Waals surface area contributed by atoms with Crippen LogP contribution in [-0.4, -0.2) is 44.8 Å². The minimum absolute atomic E-state index is 0.0440. The van der Waals surface area contributed by atoms with Crippen LogP contribution in [-0.2, 0) is 32.6 Å². The van der Waals surface area contributed by atoms with E-state index in [0.717, 1.165) is 15.4 Å². The number of carbonyl (C=O) groups excluding carboxylic acids is 2. The Hall–Kier alpha value is -4.21. The fourth-order valence-electron chi connectivity index (χ4n) is 4.48. The highest BCUT2D eigenvalue weighted by molar-refractivity contribution is 7.92. The third-order valence-electron chi connectivity index (χ3n) is 6.79. The summed E-state index contributed by atoms with van der Waals surface area (Å²) in [6.07, 6.45) is 0.182. The molecule has 0 aliphatic rings. The molecule has 0 heterocycles. The minimum atomic E-state index is -4.22. The monoisotopic (exact) mass is 607 g/mol. The van der Waals surface area contributed by atoms with E-state index >= 15 is 0 Å². The standard InChI is InChI=1S/C32H31ClFN3O4S/c1-23-8-16-28(17-9-23)37(42(40,41)29-18-12-26(33)13-19-29)22-31(38)36(21-25-10-14-27(34)15-11-25)30(32(39)35-2)20-24-6-4-3-5-7-24/h3-19,30H,20-22H2,1-2H3,(H,35,39)/t30-/m0/s1. The smallest absolute Gasteiger partial charge is 0.264 e. The van der Waals surface area contributed by atoms with Crippen molar-refractivity contribution < 1.29 is 22.4 Å². The molecule has 0 bridgehead atoms. The van der Waals surface area contributed by atoms with E-state index in [2.05, 4.69) is 5.32 Å². The van der Waals surface area contributed by atoms with Crippen LogP contribution in [0, 0.1) is 12.7 Å². The van der Waals surface area contributed by atoms with Crippen molar-refractivity contribution in [1.82, 2.24) is 10.2 Å². The third kappa shape index (κ3) is 7.54. The quantitative estimate of drug-likeness (QED) is 0.248. The zero-order chi connectivity index (χ0) is 30.3. The Morgan fingerprint density at radius 1 is 0.857 bits per heavy atom. The van der Waals surface area contributed by atoms with Gasteiger partial charge in [0.1, 0.15) is 18.4 Å². The summed E-state index contributed by atoms with van der Waals surface area (Å²) < 4.78 is 42.6. The van der Waals surface area contributed by atoms with Crippen LogP contribution in [0.4, 0.5) is 10.1 Å². The number of hydrogen-bond donors (Lipinski definition) is 1. The first-order valence-electron chi connectivity index (χ1n) is 13.2. The topological polar surface area (TPSA) is 86.8 Å². The van der Waals surface area contributed by atoms with E-state index in [-0.39, 0.29) is 23.5 Å². The number of anilines is 1. The lowest BCUT2D eigenvalue weighted by Crippen LogP contribution is -2.53. The highest BCUT2D eigenvalue weighted by Gasteiger charge is 2.34.